The van der Waals surface area contributed by atoms with E-state index in [4.69, 9.17) is 0 Å². The van der Waals surface area contributed by atoms with Gasteiger partial charge in [0.15, 0.2) is 0 Å². The summed E-state index contributed by atoms with van der Waals surface area (Å²) in [6, 6.07) is 12.5. The zero-order chi connectivity index (χ0) is 13.0. The molecule has 0 saturated heterocycles. The molecule has 0 saturated carbocycles. The Morgan fingerprint density at radius 2 is 1.56 bits per heavy atom. The van der Waals surface area contributed by atoms with Crippen molar-refractivity contribution in [1.29, 1.82) is 0 Å². The predicted octanol–water partition coefficient (Wildman–Crippen LogP) is 3.92. The van der Waals surface area contributed by atoms with Crippen LogP contribution in [0.4, 0.5) is 5.69 Å². The number of rotatable bonds is 3. The summed E-state index contributed by atoms with van der Waals surface area (Å²) in [6.07, 6.45) is 6.06. The van der Waals surface area contributed by atoms with E-state index >= 15 is 0 Å². The van der Waals surface area contributed by atoms with Crippen LogP contribution in [0.15, 0.2) is 42.6 Å². The Kier molecular flexibility index (Phi) is 4.36. The van der Waals surface area contributed by atoms with Crippen LogP contribution in [0, 0.1) is 3.70 Å². The number of hydrogen-bond donors (Lipinski definition) is 0. The van der Waals surface area contributed by atoms with Crippen LogP contribution < -0.4 is 4.90 Å². The van der Waals surface area contributed by atoms with Gasteiger partial charge in [0.25, 0.3) is 0 Å². The first kappa shape index (κ1) is 13.1. The van der Waals surface area contributed by atoms with Crippen molar-refractivity contribution in [3.63, 3.8) is 0 Å². The number of anilines is 1. The number of nitrogens with zero attached hydrogens (tertiary/aromatic N) is 2. The third kappa shape index (κ3) is 3.57. The molecule has 1 heterocycles. The molecule has 0 radical (unpaired) electrons. The van der Waals surface area contributed by atoms with Crippen molar-refractivity contribution in [3.8, 4) is 0 Å². The highest BCUT2D eigenvalue weighted by atomic mass is 127. The van der Waals surface area contributed by atoms with Crippen molar-refractivity contribution < 1.29 is 0 Å². The third-order valence-electron chi connectivity index (χ3n) is 2.63. The molecule has 1 aromatic carbocycles. The van der Waals surface area contributed by atoms with Gasteiger partial charge < -0.3 is 4.90 Å². The largest absolute Gasteiger partial charge is 0.378 e. The van der Waals surface area contributed by atoms with Crippen LogP contribution in [0.5, 0.6) is 0 Å². The van der Waals surface area contributed by atoms with Gasteiger partial charge in [-0.15, -0.1) is 0 Å². The first-order valence-electron chi connectivity index (χ1n) is 5.72. The second-order valence-electron chi connectivity index (χ2n) is 4.23. The summed E-state index contributed by atoms with van der Waals surface area (Å²) in [5, 5.41) is 0. The van der Waals surface area contributed by atoms with Crippen molar-refractivity contribution in [2.24, 2.45) is 0 Å². The molecule has 0 fully saturated rings. The first-order chi connectivity index (χ1) is 8.65. The van der Waals surface area contributed by atoms with Gasteiger partial charge in [-0.1, -0.05) is 30.4 Å². The van der Waals surface area contributed by atoms with Crippen LogP contribution in [0.1, 0.15) is 11.1 Å². The van der Waals surface area contributed by atoms with E-state index in [1.54, 1.807) is 0 Å². The SMILES string of the molecule is CN(C)c1ccc(/C=C/c2ccc(I)nc2)cc1. The van der Waals surface area contributed by atoms with E-state index in [-0.39, 0.29) is 0 Å². The lowest BCUT2D eigenvalue weighted by Gasteiger charge is -2.11. The van der Waals surface area contributed by atoms with Crippen molar-refractivity contribution in [2.45, 2.75) is 0 Å². The predicted molar refractivity (Wildman–Crippen MR) is 86.7 cm³/mol. The maximum Gasteiger partial charge on any atom is 0.101 e. The fourth-order valence-electron chi connectivity index (χ4n) is 1.56. The van der Waals surface area contributed by atoms with E-state index in [1.165, 1.54) is 11.3 Å². The zero-order valence-electron chi connectivity index (χ0n) is 10.5. The van der Waals surface area contributed by atoms with E-state index in [2.05, 4.69) is 75.0 Å². The van der Waals surface area contributed by atoms with Crippen molar-refractivity contribution in [1.82, 2.24) is 4.98 Å². The molecule has 2 aromatic rings. The van der Waals surface area contributed by atoms with E-state index in [1.807, 2.05) is 26.4 Å². The standard InChI is InChI=1S/C15H15IN2/c1-18(2)14-8-5-12(6-9-14)3-4-13-7-10-15(16)17-11-13/h3-11H,1-2H3/b4-3+. The summed E-state index contributed by atoms with van der Waals surface area (Å²) in [6.45, 7) is 0. The van der Waals surface area contributed by atoms with Crippen LogP contribution >= 0.6 is 22.6 Å². The van der Waals surface area contributed by atoms with E-state index in [0.29, 0.717) is 0 Å². The quantitative estimate of drug-likeness (QED) is 0.616. The fraction of sp³-hybridized carbons (Fsp3) is 0.133. The number of halogens is 1. The second kappa shape index (κ2) is 6.00. The van der Waals surface area contributed by atoms with Gasteiger partial charge in [0.05, 0.1) is 0 Å². The molecule has 0 atom stereocenters. The average Bonchev–Trinajstić information content (AvgIpc) is 2.38. The number of pyridine rings is 1. The molecule has 0 aliphatic carbocycles. The molecule has 3 heteroatoms. The van der Waals surface area contributed by atoms with Gasteiger partial charge in [0.2, 0.25) is 0 Å². The summed E-state index contributed by atoms with van der Waals surface area (Å²) in [5.41, 5.74) is 3.52. The van der Waals surface area contributed by atoms with Gasteiger partial charge in [0.1, 0.15) is 3.70 Å². The van der Waals surface area contributed by atoms with Crippen LogP contribution in [0.25, 0.3) is 12.2 Å². The average molecular weight is 350 g/mol. The highest BCUT2D eigenvalue weighted by Gasteiger charge is 1.94. The number of benzene rings is 1. The van der Waals surface area contributed by atoms with Crippen LogP contribution in [0.2, 0.25) is 0 Å². The zero-order valence-corrected chi connectivity index (χ0v) is 12.6. The molecule has 1 aromatic heterocycles. The normalized spacial score (nSPS) is 10.8. The van der Waals surface area contributed by atoms with Gasteiger partial charge in [-0.2, -0.15) is 0 Å². The molecule has 0 amide bonds. The highest BCUT2D eigenvalue weighted by Crippen LogP contribution is 2.14. The molecule has 0 unspecified atom stereocenters. The van der Waals surface area contributed by atoms with Gasteiger partial charge in [-0.25, -0.2) is 4.98 Å². The maximum absolute atomic E-state index is 4.26. The first-order valence-corrected chi connectivity index (χ1v) is 6.80. The molecule has 0 spiro atoms. The topological polar surface area (TPSA) is 16.1 Å². The molecule has 0 aliphatic rings. The summed E-state index contributed by atoms with van der Waals surface area (Å²) in [4.78, 5) is 6.35. The molecule has 18 heavy (non-hydrogen) atoms. The van der Waals surface area contributed by atoms with Gasteiger partial charge in [0, 0.05) is 26.0 Å². The Balaban J connectivity index is 2.11. The molecule has 0 N–H and O–H groups in total. The smallest absolute Gasteiger partial charge is 0.101 e. The van der Waals surface area contributed by atoms with Crippen molar-refractivity contribution in [3.05, 3.63) is 57.4 Å². The minimum Gasteiger partial charge on any atom is -0.378 e. The summed E-state index contributed by atoms with van der Waals surface area (Å²) >= 11 is 2.21. The number of aromatic nitrogens is 1. The Bertz CT molecular complexity index is 527. The monoisotopic (exact) mass is 350 g/mol. The molecule has 92 valence electrons. The third-order valence-corrected chi connectivity index (χ3v) is 3.27. The van der Waals surface area contributed by atoms with E-state index in [0.717, 1.165) is 9.26 Å². The van der Waals surface area contributed by atoms with Gasteiger partial charge >= 0.3 is 0 Å². The minimum atomic E-state index is 1.01. The highest BCUT2D eigenvalue weighted by molar-refractivity contribution is 14.1. The van der Waals surface area contributed by atoms with Crippen LogP contribution in [-0.2, 0) is 0 Å². The van der Waals surface area contributed by atoms with E-state index in [9.17, 15) is 0 Å². The Morgan fingerprint density at radius 1 is 0.944 bits per heavy atom. The van der Waals surface area contributed by atoms with Gasteiger partial charge in [-0.3, -0.25) is 0 Å². The molecule has 0 bridgehead atoms. The molecular weight excluding hydrogens is 335 g/mol. The lowest BCUT2D eigenvalue weighted by atomic mass is 10.1. The van der Waals surface area contributed by atoms with Crippen LogP contribution in [0.3, 0.4) is 0 Å². The maximum atomic E-state index is 4.26. The lowest BCUT2D eigenvalue weighted by molar-refractivity contribution is 1.13. The summed E-state index contributed by atoms with van der Waals surface area (Å²) in [7, 11) is 4.09. The summed E-state index contributed by atoms with van der Waals surface area (Å²) < 4.78 is 1.01. The van der Waals surface area contributed by atoms with E-state index < -0.39 is 0 Å². The van der Waals surface area contributed by atoms with Crippen molar-refractivity contribution >= 4 is 40.4 Å². The Labute approximate surface area is 121 Å². The Hall–Kier alpha value is -1.36. The molecule has 0 aliphatic heterocycles. The van der Waals surface area contributed by atoms with Crippen LogP contribution in [-0.4, -0.2) is 19.1 Å². The molecular formula is C15H15IN2. The Morgan fingerprint density at radius 3 is 2.11 bits per heavy atom. The number of hydrogen-bond acceptors (Lipinski definition) is 2. The summed E-state index contributed by atoms with van der Waals surface area (Å²) in [5.74, 6) is 0. The van der Waals surface area contributed by atoms with Gasteiger partial charge in [-0.05, 0) is 51.9 Å². The lowest BCUT2D eigenvalue weighted by Crippen LogP contribution is -2.07. The second-order valence-corrected chi connectivity index (χ2v) is 5.34. The molecule has 2 nitrogen and oxygen atoms in total. The fourth-order valence-corrected chi connectivity index (χ4v) is 1.88. The molecule has 2 rings (SSSR count). The van der Waals surface area contributed by atoms with Crippen molar-refractivity contribution in [2.75, 3.05) is 19.0 Å². The minimum absolute atomic E-state index is 1.01.